The van der Waals surface area contributed by atoms with Crippen LogP contribution in [0.25, 0.3) is 0 Å². The summed E-state index contributed by atoms with van der Waals surface area (Å²) in [4.78, 5) is 4.39. The van der Waals surface area contributed by atoms with Crippen molar-refractivity contribution in [2.45, 2.75) is 33.0 Å². The first-order chi connectivity index (χ1) is 9.52. The fourth-order valence-corrected chi connectivity index (χ4v) is 2.29. The fraction of sp³-hybridized carbons (Fsp3) is 0.357. The quantitative estimate of drug-likeness (QED) is 0.886. The minimum atomic E-state index is -0.653. The molecule has 0 saturated heterocycles. The zero-order valence-electron chi connectivity index (χ0n) is 11.3. The van der Waals surface area contributed by atoms with E-state index in [1.54, 1.807) is 0 Å². The highest BCUT2D eigenvalue weighted by Crippen LogP contribution is 2.17. The Bertz CT molecular complexity index is 552. The van der Waals surface area contributed by atoms with E-state index < -0.39 is 11.6 Å². The smallest absolute Gasteiger partial charge is 0.131 e. The van der Waals surface area contributed by atoms with Gasteiger partial charge in [0.1, 0.15) is 29.0 Å². The van der Waals surface area contributed by atoms with Crippen molar-refractivity contribution in [1.29, 1.82) is 0 Å². The summed E-state index contributed by atoms with van der Waals surface area (Å²) >= 11 is 1.53. The van der Waals surface area contributed by atoms with Crippen LogP contribution >= 0.6 is 11.3 Å². The standard InChI is InChI=1S/C14H16F2N2OS/c1-9(2)17-6-14-18-12(8-20-14)7-19-13-4-10(15)3-11(16)5-13/h3-5,8-9,17H,6-7H2,1-2H3. The second kappa shape index (κ2) is 6.76. The van der Waals surface area contributed by atoms with Gasteiger partial charge >= 0.3 is 0 Å². The molecule has 3 nitrogen and oxygen atoms in total. The Morgan fingerprint density at radius 3 is 2.60 bits per heavy atom. The van der Waals surface area contributed by atoms with Crippen LogP contribution in [0.2, 0.25) is 0 Å². The van der Waals surface area contributed by atoms with Gasteiger partial charge in [0.15, 0.2) is 0 Å². The van der Waals surface area contributed by atoms with E-state index in [1.807, 2.05) is 5.38 Å². The number of thiazole rings is 1. The highest BCUT2D eigenvalue weighted by molar-refractivity contribution is 7.09. The van der Waals surface area contributed by atoms with E-state index in [1.165, 1.54) is 11.3 Å². The number of hydrogen-bond donors (Lipinski definition) is 1. The number of aromatic nitrogens is 1. The van der Waals surface area contributed by atoms with E-state index in [9.17, 15) is 8.78 Å². The van der Waals surface area contributed by atoms with Gasteiger partial charge in [0, 0.05) is 36.2 Å². The molecule has 1 heterocycles. The first-order valence-corrected chi connectivity index (χ1v) is 7.16. The van der Waals surface area contributed by atoms with Gasteiger partial charge in [-0.2, -0.15) is 0 Å². The molecule has 1 N–H and O–H groups in total. The molecule has 108 valence electrons. The van der Waals surface area contributed by atoms with Gasteiger partial charge in [0.25, 0.3) is 0 Å². The summed E-state index contributed by atoms with van der Waals surface area (Å²) in [6, 6.07) is 3.51. The van der Waals surface area contributed by atoms with E-state index in [0.717, 1.165) is 28.9 Å². The van der Waals surface area contributed by atoms with Crippen molar-refractivity contribution in [2.24, 2.45) is 0 Å². The van der Waals surface area contributed by atoms with Crippen molar-refractivity contribution >= 4 is 11.3 Å². The molecule has 0 bridgehead atoms. The number of halogens is 2. The molecule has 0 aliphatic heterocycles. The third kappa shape index (κ3) is 4.54. The minimum absolute atomic E-state index is 0.164. The molecule has 6 heteroatoms. The highest BCUT2D eigenvalue weighted by Gasteiger charge is 2.05. The van der Waals surface area contributed by atoms with Crippen LogP contribution in [0.1, 0.15) is 24.5 Å². The minimum Gasteiger partial charge on any atom is -0.487 e. The zero-order valence-corrected chi connectivity index (χ0v) is 12.1. The van der Waals surface area contributed by atoms with Crippen molar-refractivity contribution in [3.63, 3.8) is 0 Å². The summed E-state index contributed by atoms with van der Waals surface area (Å²) in [6.07, 6.45) is 0. The highest BCUT2D eigenvalue weighted by atomic mass is 32.1. The van der Waals surface area contributed by atoms with Crippen LogP contribution < -0.4 is 10.1 Å². The van der Waals surface area contributed by atoms with Crippen molar-refractivity contribution in [3.8, 4) is 5.75 Å². The molecular formula is C14H16F2N2OS. The molecule has 0 fully saturated rings. The number of hydrogen-bond acceptors (Lipinski definition) is 4. The van der Waals surface area contributed by atoms with Gasteiger partial charge in [-0.15, -0.1) is 11.3 Å². The van der Waals surface area contributed by atoms with Gasteiger partial charge in [-0.25, -0.2) is 13.8 Å². The lowest BCUT2D eigenvalue weighted by atomic mass is 10.3. The summed E-state index contributed by atoms with van der Waals surface area (Å²) < 4.78 is 31.3. The van der Waals surface area contributed by atoms with Crippen LogP contribution in [-0.4, -0.2) is 11.0 Å². The Morgan fingerprint density at radius 1 is 1.25 bits per heavy atom. The Morgan fingerprint density at radius 2 is 1.95 bits per heavy atom. The summed E-state index contributed by atoms with van der Waals surface area (Å²) in [7, 11) is 0. The predicted molar refractivity (Wildman–Crippen MR) is 74.8 cm³/mol. The molecule has 2 aromatic rings. The molecule has 0 amide bonds. The van der Waals surface area contributed by atoms with Crippen molar-refractivity contribution in [2.75, 3.05) is 0 Å². The Balaban J connectivity index is 1.90. The number of nitrogens with zero attached hydrogens (tertiary/aromatic N) is 1. The third-order valence-electron chi connectivity index (χ3n) is 2.48. The normalized spacial score (nSPS) is 11.1. The van der Waals surface area contributed by atoms with E-state index in [0.29, 0.717) is 12.6 Å². The van der Waals surface area contributed by atoms with Crippen LogP contribution in [0.3, 0.4) is 0 Å². The van der Waals surface area contributed by atoms with Crippen LogP contribution in [0, 0.1) is 11.6 Å². The second-order valence-electron chi connectivity index (χ2n) is 4.66. The van der Waals surface area contributed by atoms with Gasteiger partial charge in [0.05, 0.1) is 5.69 Å². The first kappa shape index (κ1) is 14.9. The Labute approximate surface area is 120 Å². The molecule has 1 aromatic heterocycles. The maximum Gasteiger partial charge on any atom is 0.131 e. The molecule has 1 aromatic carbocycles. The molecule has 0 unspecified atom stereocenters. The van der Waals surface area contributed by atoms with Crippen LogP contribution in [0.4, 0.5) is 8.78 Å². The lowest BCUT2D eigenvalue weighted by molar-refractivity contribution is 0.298. The lowest BCUT2D eigenvalue weighted by Crippen LogP contribution is -2.21. The summed E-state index contributed by atoms with van der Waals surface area (Å²) in [6.45, 7) is 5.03. The van der Waals surface area contributed by atoms with Gasteiger partial charge < -0.3 is 10.1 Å². The van der Waals surface area contributed by atoms with E-state index in [4.69, 9.17) is 4.74 Å². The average Bonchev–Trinajstić information content (AvgIpc) is 2.81. The topological polar surface area (TPSA) is 34.2 Å². The van der Waals surface area contributed by atoms with Crippen molar-refractivity contribution < 1.29 is 13.5 Å². The Kier molecular flexibility index (Phi) is 5.03. The maximum absolute atomic E-state index is 13.0. The second-order valence-corrected chi connectivity index (χ2v) is 5.60. The molecule has 0 aliphatic carbocycles. The van der Waals surface area contributed by atoms with Gasteiger partial charge in [-0.05, 0) is 0 Å². The number of benzene rings is 1. The monoisotopic (exact) mass is 298 g/mol. The van der Waals surface area contributed by atoms with Crippen LogP contribution in [-0.2, 0) is 13.2 Å². The molecular weight excluding hydrogens is 282 g/mol. The molecule has 0 saturated carbocycles. The van der Waals surface area contributed by atoms with Gasteiger partial charge in [-0.1, -0.05) is 13.8 Å². The van der Waals surface area contributed by atoms with Crippen molar-refractivity contribution in [1.82, 2.24) is 10.3 Å². The predicted octanol–water partition coefficient (Wildman–Crippen LogP) is 3.50. The summed E-state index contributed by atoms with van der Waals surface area (Å²) in [5.41, 5.74) is 0.750. The van der Waals surface area contributed by atoms with Gasteiger partial charge in [-0.3, -0.25) is 0 Å². The van der Waals surface area contributed by atoms with Gasteiger partial charge in [0.2, 0.25) is 0 Å². The largest absolute Gasteiger partial charge is 0.487 e. The molecule has 20 heavy (non-hydrogen) atoms. The number of ether oxygens (including phenoxy) is 1. The lowest BCUT2D eigenvalue weighted by Gasteiger charge is -2.05. The first-order valence-electron chi connectivity index (χ1n) is 6.28. The molecule has 0 atom stereocenters. The fourth-order valence-electron chi connectivity index (χ4n) is 1.56. The maximum atomic E-state index is 13.0. The zero-order chi connectivity index (χ0) is 14.5. The van der Waals surface area contributed by atoms with E-state index in [-0.39, 0.29) is 12.4 Å². The van der Waals surface area contributed by atoms with Crippen LogP contribution in [0.15, 0.2) is 23.6 Å². The molecule has 0 spiro atoms. The van der Waals surface area contributed by atoms with Crippen molar-refractivity contribution in [3.05, 3.63) is 45.9 Å². The molecule has 2 rings (SSSR count). The van der Waals surface area contributed by atoms with E-state index >= 15 is 0 Å². The number of rotatable bonds is 6. The molecule has 0 aliphatic rings. The average molecular weight is 298 g/mol. The SMILES string of the molecule is CC(C)NCc1nc(COc2cc(F)cc(F)c2)cs1. The van der Waals surface area contributed by atoms with Crippen LogP contribution in [0.5, 0.6) is 5.75 Å². The summed E-state index contributed by atoms with van der Waals surface area (Å²) in [5.74, 6) is -1.14. The molecule has 0 radical (unpaired) electrons. The Hall–Kier alpha value is -1.53. The third-order valence-corrected chi connectivity index (χ3v) is 3.38. The number of nitrogens with one attached hydrogen (secondary N) is 1. The summed E-state index contributed by atoms with van der Waals surface area (Å²) in [5, 5.41) is 6.11. The van der Waals surface area contributed by atoms with E-state index in [2.05, 4.69) is 24.1 Å².